The van der Waals surface area contributed by atoms with E-state index in [1.807, 2.05) is 13.0 Å². The quantitative estimate of drug-likeness (QED) is 0.842. The van der Waals surface area contributed by atoms with E-state index in [9.17, 15) is 8.42 Å². The van der Waals surface area contributed by atoms with Crippen LogP contribution in [0.4, 0.5) is 5.95 Å². The van der Waals surface area contributed by atoms with Crippen LogP contribution in [0.1, 0.15) is 11.3 Å². The van der Waals surface area contributed by atoms with Gasteiger partial charge in [0.05, 0.1) is 24.6 Å². The van der Waals surface area contributed by atoms with Gasteiger partial charge in [0.1, 0.15) is 4.90 Å². The van der Waals surface area contributed by atoms with Gasteiger partial charge in [-0.1, -0.05) is 6.07 Å². The zero-order valence-corrected chi connectivity index (χ0v) is 12.0. The number of nitrogens with one attached hydrogen (secondary N) is 2. The van der Waals surface area contributed by atoms with Crippen LogP contribution in [0, 0.1) is 6.92 Å². The molecule has 2 aromatic heterocycles. The van der Waals surface area contributed by atoms with Gasteiger partial charge in [0, 0.05) is 13.2 Å². The van der Waals surface area contributed by atoms with Crippen LogP contribution >= 0.6 is 0 Å². The van der Waals surface area contributed by atoms with Crippen molar-refractivity contribution in [3.8, 4) is 0 Å². The number of aromatic nitrogens is 3. The fourth-order valence-electron chi connectivity index (χ4n) is 1.53. The minimum absolute atomic E-state index is 0.0186. The lowest BCUT2D eigenvalue weighted by Crippen LogP contribution is -2.24. The minimum Gasteiger partial charge on any atom is -0.357 e. The average Bonchev–Trinajstić information content (AvgIpc) is 2.46. The fraction of sp³-hybridized carbons (Fsp3) is 0.250. The zero-order chi connectivity index (χ0) is 14.6. The van der Waals surface area contributed by atoms with Gasteiger partial charge < -0.3 is 5.32 Å². The monoisotopic (exact) mass is 293 g/mol. The van der Waals surface area contributed by atoms with Gasteiger partial charge in [0.15, 0.2) is 0 Å². The van der Waals surface area contributed by atoms with Crippen molar-refractivity contribution < 1.29 is 8.42 Å². The third kappa shape index (κ3) is 3.28. The Morgan fingerprint density at radius 2 is 1.90 bits per heavy atom. The lowest BCUT2D eigenvalue weighted by Gasteiger charge is -2.08. The molecule has 0 unspecified atom stereocenters. The van der Waals surface area contributed by atoms with Crippen molar-refractivity contribution in [1.82, 2.24) is 19.7 Å². The maximum atomic E-state index is 12.1. The highest BCUT2D eigenvalue weighted by molar-refractivity contribution is 7.89. The van der Waals surface area contributed by atoms with E-state index in [1.165, 1.54) is 12.4 Å². The molecule has 2 N–H and O–H groups in total. The lowest BCUT2D eigenvalue weighted by atomic mass is 10.2. The molecule has 0 aliphatic heterocycles. The Morgan fingerprint density at radius 1 is 1.20 bits per heavy atom. The highest BCUT2D eigenvalue weighted by Crippen LogP contribution is 2.09. The Labute approximate surface area is 117 Å². The summed E-state index contributed by atoms with van der Waals surface area (Å²) in [6.07, 6.45) is 4.14. The van der Waals surface area contributed by atoms with Crippen LogP contribution in [0.5, 0.6) is 0 Å². The first kappa shape index (κ1) is 14.4. The molecule has 0 aromatic carbocycles. The molecule has 2 heterocycles. The summed E-state index contributed by atoms with van der Waals surface area (Å²) in [4.78, 5) is 11.9. The summed E-state index contributed by atoms with van der Waals surface area (Å²) in [7, 11) is -1.98. The molecule has 2 aromatic rings. The first-order valence-corrected chi connectivity index (χ1v) is 7.41. The van der Waals surface area contributed by atoms with Gasteiger partial charge >= 0.3 is 0 Å². The predicted molar refractivity (Wildman–Crippen MR) is 74.6 cm³/mol. The highest BCUT2D eigenvalue weighted by Gasteiger charge is 2.15. The van der Waals surface area contributed by atoms with Crippen LogP contribution < -0.4 is 10.0 Å². The molecule has 0 radical (unpaired) electrons. The maximum Gasteiger partial charge on any atom is 0.243 e. The van der Waals surface area contributed by atoms with Crippen LogP contribution in [0.2, 0.25) is 0 Å². The topological polar surface area (TPSA) is 96.9 Å². The summed E-state index contributed by atoms with van der Waals surface area (Å²) < 4.78 is 26.6. The van der Waals surface area contributed by atoms with Gasteiger partial charge in [-0.15, -0.1) is 0 Å². The van der Waals surface area contributed by atoms with Crippen molar-refractivity contribution in [1.29, 1.82) is 0 Å². The number of rotatable bonds is 5. The number of hydrogen-bond donors (Lipinski definition) is 2. The van der Waals surface area contributed by atoms with E-state index in [2.05, 4.69) is 25.0 Å². The molecule has 0 saturated heterocycles. The number of nitrogens with zero attached hydrogens (tertiary/aromatic N) is 3. The summed E-state index contributed by atoms with van der Waals surface area (Å²) in [5, 5.41) is 2.72. The molecular weight excluding hydrogens is 278 g/mol. The van der Waals surface area contributed by atoms with E-state index in [0.29, 0.717) is 11.6 Å². The van der Waals surface area contributed by atoms with E-state index < -0.39 is 10.0 Å². The normalized spacial score (nSPS) is 11.3. The molecule has 8 heteroatoms. The second-order valence-corrected chi connectivity index (χ2v) is 5.85. The van der Waals surface area contributed by atoms with Gasteiger partial charge in [-0.3, -0.25) is 4.98 Å². The standard InChI is InChI=1S/C12H15N5O2S/c1-9-4-3-5-14-11(9)8-17-20(18,19)10-6-15-12(13-2)16-7-10/h3-7,17H,8H2,1-2H3,(H,13,15,16). The molecule has 0 bridgehead atoms. The molecule has 2 rings (SSSR count). The molecule has 0 aliphatic rings. The van der Waals surface area contributed by atoms with Crippen molar-refractivity contribution in [2.75, 3.05) is 12.4 Å². The Kier molecular flexibility index (Phi) is 4.26. The SMILES string of the molecule is CNc1ncc(S(=O)(=O)NCc2ncccc2C)cn1. The van der Waals surface area contributed by atoms with Gasteiger partial charge in [-0.05, 0) is 18.6 Å². The largest absolute Gasteiger partial charge is 0.357 e. The molecule has 0 amide bonds. The first-order valence-electron chi connectivity index (χ1n) is 5.93. The van der Waals surface area contributed by atoms with Crippen LogP contribution in [-0.2, 0) is 16.6 Å². The molecule has 7 nitrogen and oxygen atoms in total. The van der Waals surface area contributed by atoms with E-state index in [1.54, 1.807) is 19.3 Å². The lowest BCUT2D eigenvalue weighted by molar-refractivity contribution is 0.579. The minimum atomic E-state index is -3.64. The third-order valence-corrected chi connectivity index (χ3v) is 4.07. The Morgan fingerprint density at radius 3 is 2.50 bits per heavy atom. The fourth-order valence-corrected chi connectivity index (χ4v) is 2.41. The summed E-state index contributed by atoms with van der Waals surface area (Å²) >= 11 is 0. The molecule has 0 fully saturated rings. The smallest absolute Gasteiger partial charge is 0.243 e. The molecule has 0 atom stereocenters. The number of anilines is 1. The van der Waals surface area contributed by atoms with Gasteiger partial charge in [-0.2, -0.15) is 0 Å². The van der Waals surface area contributed by atoms with E-state index in [-0.39, 0.29) is 11.4 Å². The summed E-state index contributed by atoms with van der Waals surface area (Å²) in [5.74, 6) is 0.365. The molecule has 106 valence electrons. The Balaban J connectivity index is 2.13. The van der Waals surface area contributed by atoms with Crippen molar-refractivity contribution in [3.63, 3.8) is 0 Å². The second-order valence-electron chi connectivity index (χ2n) is 4.08. The summed E-state index contributed by atoms with van der Waals surface area (Å²) in [6, 6.07) is 3.68. The second kappa shape index (κ2) is 5.93. The van der Waals surface area contributed by atoms with Crippen LogP contribution in [-0.4, -0.2) is 30.4 Å². The predicted octanol–water partition coefficient (Wildman–Crippen LogP) is 0.700. The van der Waals surface area contributed by atoms with Crippen molar-refractivity contribution in [2.24, 2.45) is 0 Å². The van der Waals surface area contributed by atoms with E-state index >= 15 is 0 Å². The van der Waals surface area contributed by atoms with Crippen LogP contribution in [0.15, 0.2) is 35.6 Å². The van der Waals surface area contributed by atoms with E-state index in [4.69, 9.17) is 0 Å². The molecule has 0 saturated carbocycles. The third-order valence-electron chi connectivity index (χ3n) is 2.71. The average molecular weight is 293 g/mol. The Bertz CT molecular complexity index is 685. The van der Waals surface area contributed by atoms with Crippen molar-refractivity contribution in [2.45, 2.75) is 18.4 Å². The molecule has 0 spiro atoms. The summed E-state index contributed by atoms with van der Waals surface area (Å²) in [6.45, 7) is 2.00. The van der Waals surface area contributed by atoms with Crippen molar-refractivity contribution in [3.05, 3.63) is 42.0 Å². The Hall–Kier alpha value is -2.06. The zero-order valence-electron chi connectivity index (χ0n) is 11.2. The number of aryl methyl sites for hydroxylation is 1. The number of pyridine rings is 1. The van der Waals surface area contributed by atoms with Gasteiger partial charge in [-0.25, -0.2) is 23.1 Å². The van der Waals surface area contributed by atoms with E-state index in [0.717, 1.165) is 5.56 Å². The number of sulfonamides is 1. The van der Waals surface area contributed by atoms with Crippen molar-refractivity contribution >= 4 is 16.0 Å². The molecule has 0 aliphatic carbocycles. The van der Waals surface area contributed by atoms with Gasteiger partial charge in [0.2, 0.25) is 16.0 Å². The number of hydrogen-bond acceptors (Lipinski definition) is 6. The molecule has 20 heavy (non-hydrogen) atoms. The summed E-state index contributed by atoms with van der Waals surface area (Å²) in [5.41, 5.74) is 1.61. The van der Waals surface area contributed by atoms with Crippen LogP contribution in [0.3, 0.4) is 0 Å². The first-order chi connectivity index (χ1) is 9.53. The van der Waals surface area contributed by atoms with Crippen LogP contribution in [0.25, 0.3) is 0 Å². The molecular formula is C12H15N5O2S. The maximum absolute atomic E-state index is 12.1. The van der Waals surface area contributed by atoms with Gasteiger partial charge in [0.25, 0.3) is 0 Å². The highest BCUT2D eigenvalue weighted by atomic mass is 32.2.